The molecule has 0 radical (unpaired) electrons. The summed E-state index contributed by atoms with van der Waals surface area (Å²) in [6.45, 7) is 6.76. The highest BCUT2D eigenvalue weighted by Gasteiger charge is 2.14. The van der Waals surface area contributed by atoms with Crippen LogP contribution in [0.3, 0.4) is 0 Å². The fourth-order valence-electron chi connectivity index (χ4n) is 2.43. The Bertz CT molecular complexity index is 899. The highest BCUT2D eigenvalue weighted by molar-refractivity contribution is 6.32. The van der Waals surface area contributed by atoms with Gasteiger partial charge in [-0.05, 0) is 56.2 Å². The molecule has 0 heterocycles. The number of nitrogens with zero attached hydrogens (tertiary/aromatic N) is 1. The first kappa shape index (κ1) is 21.3. The number of carbonyl (C=O) groups is 1. The first-order chi connectivity index (χ1) is 13.5. The summed E-state index contributed by atoms with van der Waals surface area (Å²) in [6.07, 6.45) is 2.31. The molecule has 6 heteroatoms. The largest absolute Gasteiger partial charge is 0.490 e. The molecule has 0 aliphatic heterocycles. The number of aryl methyl sites for hydroxylation is 1. The molecule has 28 heavy (non-hydrogen) atoms. The van der Waals surface area contributed by atoms with Gasteiger partial charge in [0, 0.05) is 5.69 Å². The standard InChI is InChI=1S/C22H23ClN2O3/c1-4-10-28-21-19(23)12-16(13-20(21)27-5-2)11-17(14-24)22(26)25-18-8-6-15(3)7-9-18/h6-9,11-13H,4-5,10H2,1-3H3,(H,25,26)/b17-11+. The van der Waals surface area contributed by atoms with Gasteiger partial charge in [0.15, 0.2) is 11.5 Å². The number of ether oxygens (including phenoxy) is 2. The molecular weight excluding hydrogens is 376 g/mol. The van der Waals surface area contributed by atoms with Crippen LogP contribution >= 0.6 is 11.6 Å². The van der Waals surface area contributed by atoms with Crippen molar-refractivity contribution in [2.24, 2.45) is 0 Å². The van der Waals surface area contributed by atoms with Gasteiger partial charge in [0.2, 0.25) is 0 Å². The number of hydrogen-bond acceptors (Lipinski definition) is 4. The van der Waals surface area contributed by atoms with Crippen LogP contribution in [0.2, 0.25) is 5.02 Å². The normalized spacial score (nSPS) is 10.9. The first-order valence-corrected chi connectivity index (χ1v) is 9.45. The number of anilines is 1. The van der Waals surface area contributed by atoms with Gasteiger partial charge >= 0.3 is 0 Å². The summed E-state index contributed by atoms with van der Waals surface area (Å²) < 4.78 is 11.3. The van der Waals surface area contributed by atoms with E-state index in [0.717, 1.165) is 12.0 Å². The van der Waals surface area contributed by atoms with Crippen LogP contribution in [0.25, 0.3) is 6.08 Å². The van der Waals surface area contributed by atoms with Gasteiger partial charge in [0.25, 0.3) is 5.91 Å². The van der Waals surface area contributed by atoms with Crippen LogP contribution in [0.5, 0.6) is 11.5 Å². The summed E-state index contributed by atoms with van der Waals surface area (Å²) in [5.74, 6) is 0.447. The third kappa shape index (κ3) is 5.77. The Morgan fingerprint density at radius 1 is 1.21 bits per heavy atom. The Morgan fingerprint density at radius 3 is 2.54 bits per heavy atom. The molecule has 5 nitrogen and oxygen atoms in total. The minimum absolute atomic E-state index is 0.0404. The Kier molecular flexibility index (Phi) is 7.91. The molecule has 0 aliphatic carbocycles. The predicted octanol–water partition coefficient (Wildman–Crippen LogP) is 5.38. The minimum atomic E-state index is -0.494. The van der Waals surface area contributed by atoms with Crippen molar-refractivity contribution in [3.05, 3.63) is 58.1 Å². The van der Waals surface area contributed by atoms with Crippen molar-refractivity contribution in [3.8, 4) is 17.6 Å². The van der Waals surface area contributed by atoms with Crippen molar-refractivity contribution >= 4 is 29.3 Å². The topological polar surface area (TPSA) is 71.3 Å². The van der Waals surface area contributed by atoms with E-state index in [1.54, 1.807) is 24.3 Å². The Balaban J connectivity index is 2.30. The Morgan fingerprint density at radius 2 is 1.93 bits per heavy atom. The van der Waals surface area contributed by atoms with E-state index in [1.807, 2.05) is 39.0 Å². The molecule has 0 aromatic heterocycles. The van der Waals surface area contributed by atoms with Crippen LogP contribution in [0.4, 0.5) is 5.69 Å². The quantitative estimate of drug-likeness (QED) is 0.478. The lowest BCUT2D eigenvalue weighted by Crippen LogP contribution is -2.13. The van der Waals surface area contributed by atoms with E-state index < -0.39 is 5.91 Å². The number of nitriles is 1. The number of rotatable bonds is 8. The van der Waals surface area contributed by atoms with Crippen LogP contribution in [-0.4, -0.2) is 19.1 Å². The van der Waals surface area contributed by atoms with Crippen molar-refractivity contribution in [1.29, 1.82) is 5.26 Å². The zero-order chi connectivity index (χ0) is 20.5. The molecule has 0 spiro atoms. The van der Waals surface area contributed by atoms with E-state index >= 15 is 0 Å². The Labute approximate surface area is 170 Å². The van der Waals surface area contributed by atoms with Crippen LogP contribution in [0, 0.1) is 18.3 Å². The number of halogens is 1. The summed E-state index contributed by atoms with van der Waals surface area (Å²) in [4.78, 5) is 12.4. The van der Waals surface area contributed by atoms with Gasteiger partial charge in [0.1, 0.15) is 11.6 Å². The van der Waals surface area contributed by atoms with Crippen molar-refractivity contribution in [3.63, 3.8) is 0 Å². The molecule has 0 atom stereocenters. The number of amides is 1. The van der Waals surface area contributed by atoms with E-state index in [4.69, 9.17) is 21.1 Å². The maximum absolute atomic E-state index is 12.4. The summed E-state index contributed by atoms with van der Waals surface area (Å²) in [5, 5.41) is 12.5. The second-order valence-electron chi connectivity index (χ2n) is 6.10. The fraction of sp³-hybridized carbons (Fsp3) is 0.273. The maximum atomic E-state index is 12.4. The van der Waals surface area contributed by atoms with Gasteiger partial charge in [-0.2, -0.15) is 5.26 Å². The van der Waals surface area contributed by atoms with Gasteiger partial charge in [-0.25, -0.2) is 0 Å². The van der Waals surface area contributed by atoms with E-state index in [2.05, 4.69) is 5.32 Å². The SMILES string of the molecule is CCCOc1c(Cl)cc(/C=C(\C#N)C(=O)Nc2ccc(C)cc2)cc1OCC. The maximum Gasteiger partial charge on any atom is 0.266 e. The van der Waals surface area contributed by atoms with E-state index in [0.29, 0.717) is 41.0 Å². The lowest BCUT2D eigenvalue weighted by atomic mass is 10.1. The van der Waals surface area contributed by atoms with Gasteiger partial charge in [0.05, 0.1) is 18.2 Å². The third-order valence-corrected chi connectivity index (χ3v) is 4.05. The van der Waals surface area contributed by atoms with Crippen LogP contribution < -0.4 is 14.8 Å². The first-order valence-electron chi connectivity index (χ1n) is 9.07. The summed E-state index contributed by atoms with van der Waals surface area (Å²) in [5.41, 5.74) is 2.24. The zero-order valence-corrected chi connectivity index (χ0v) is 17.0. The number of nitrogens with one attached hydrogen (secondary N) is 1. The zero-order valence-electron chi connectivity index (χ0n) is 16.2. The number of benzene rings is 2. The van der Waals surface area contributed by atoms with E-state index in [9.17, 15) is 10.1 Å². The molecule has 0 saturated heterocycles. The second-order valence-corrected chi connectivity index (χ2v) is 6.51. The molecule has 0 aliphatic rings. The predicted molar refractivity (Wildman–Crippen MR) is 112 cm³/mol. The molecule has 1 amide bonds. The monoisotopic (exact) mass is 398 g/mol. The van der Waals surface area contributed by atoms with Gasteiger partial charge < -0.3 is 14.8 Å². The highest BCUT2D eigenvalue weighted by Crippen LogP contribution is 2.37. The number of carbonyl (C=O) groups excluding carboxylic acids is 1. The third-order valence-electron chi connectivity index (χ3n) is 3.77. The summed E-state index contributed by atoms with van der Waals surface area (Å²) >= 11 is 6.34. The molecule has 1 N–H and O–H groups in total. The van der Waals surface area contributed by atoms with Gasteiger partial charge in [-0.1, -0.05) is 36.2 Å². The lowest BCUT2D eigenvalue weighted by Gasteiger charge is -2.14. The van der Waals surface area contributed by atoms with Crippen molar-refractivity contribution in [2.45, 2.75) is 27.2 Å². The molecule has 0 unspecified atom stereocenters. The minimum Gasteiger partial charge on any atom is -0.490 e. The second kappa shape index (κ2) is 10.4. The summed E-state index contributed by atoms with van der Waals surface area (Å²) in [6, 6.07) is 12.6. The average molecular weight is 399 g/mol. The van der Waals surface area contributed by atoms with Gasteiger partial charge in [-0.15, -0.1) is 0 Å². The average Bonchev–Trinajstić information content (AvgIpc) is 2.67. The smallest absolute Gasteiger partial charge is 0.266 e. The molecular formula is C22H23ClN2O3. The molecule has 2 aromatic rings. The molecule has 2 rings (SSSR count). The van der Waals surface area contributed by atoms with Crippen molar-refractivity contribution in [1.82, 2.24) is 0 Å². The lowest BCUT2D eigenvalue weighted by molar-refractivity contribution is -0.112. The number of hydrogen-bond donors (Lipinski definition) is 1. The van der Waals surface area contributed by atoms with Crippen LogP contribution in [0.1, 0.15) is 31.4 Å². The molecule has 0 bridgehead atoms. The van der Waals surface area contributed by atoms with Crippen LogP contribution in [-0.2, 0) is 4.79 Å². The van der Waals surface area contributed by atoms with Crippen molar-refractivity contribution < 1.29 is 14.3 Å². The van der Waals surface area contributed by atoms with E-state index in [-0.39, 0.29) is 5.57 Å². The van der Waals surface area contributed by atoms with Crippen molar-refractivity contribution in [2.75, 3.05) is 18.5 Å². The molecule has 0 saturated carbocycles. The van der Waals surface area contributed by atoms with Crippen LogP contribution in [0.15, 0.2) is 42.0 Å². The fourth-order valence-corrected chi connectivity index (χ4v) is 2.70. The molecule has 0 fully saturated rings. The highest BCUT2D eigenvalue weighted by atomic mass is 35.5. The Hall–Kier alpha value is -2.97. The molecule has 2 aromatic carbocycles. The molecule has 146 valence electrons. The summed E-state index contributed by atoms with van der Waals surface area (Å²) in [7, 11) is 0. The van der Waals surface area contributed by atoms with Gasteiger partial charge in [-0.3, -0.25) is 4.79 Å². The van der Waals surface area contributed by atoms with E-state index in [1.165, 1.54) is 6.08 Å².